The van der Waals surface area contributed by atoms with E-state index in [2.05, 4.69) is 9.97 Å². The highest BCUT2D eigenvalue weighted by Crippen LogP contribution is 2.35. The van der Waals surface area contributed by atoms with Crippen LogP contribution in [0, 0.1) is 10.1 Å². The zero-order chi connectivity index (χ0) is 14.8. The summed E-state index contributed by atoms with van der Waals surface area (Å²) in [6.07, 6.45) is 4.55. The Hall–Kier alpha value is -2.01. The van der Waals surface area contributed by atoms with Crippen LogP contribution in [-0.4, -0.2) is 14.9 Å². The fourth-order valence-electron chi connectivity index (χ4n) is 2.81. The minimum Gasteiger partial charge on any atom is -0.258 e. The van der Waals surface area contributed by atoms with E-state index >= 15 is 0 Å². The lowest BCUT2D eigenvalue weighted by Gasteiger charge is -2.10. The smallest absolute Gasteiger partial charge is 0.258 e. The number of aromatic nitrogens is 2. The summed E-state index contributed by atoms with van der Waals surface area (Å²) in [6, 6.07) is 8.25. The Labute approximate surface area is 127 Å². The van der Waals surface area contributed by atoms with Crippen molar-refractivity contribution in [1.29, 1.82) is 0 Å². The molecule has 1 aliphatic carbocycles. The Bertz CT molecular complexity index is 684. The first kappa shape index (κ1) is 13.9. The summed E-state index contributed by atoms with van der Waals surface area (Å²) in [5.41, 5.74) is 1.29. The van der Waals surface area contributed by atoms with E-state index in [0.29, 0.717) is 22.5 Å². The Morgan fingerprint density at radius 1 is 1.19 bits per heavy atom. The molecule has 0 N–H and O–H groups in total. The molecule has 21 heavy (non-hydrogen) atoms. The van der Waals surface area contributed by atoms with Gasteiger partial charge in [0.05, 0.1) is 10.5 Å². The van der Waals surface area contributed by atoms with E-state index in [4.69, 9.17) is 11.6 Å². The number of nitro benzene ring substituents is 1. The van der Waals surface area contributed by atoms with Crippen molar-refractivity contribution in [3.05, 3.63) is 51.3 Å². The maximum absolute atomic E-state index is 11.1. The molecule has 0 amide bonds. The van der Waals surface area contributed by atoms with Crippen molar-refractivity contribution >= 4 is 17.3 Å². The van der Waals surface area contributed by atoms with Gasteiger partial charge in [0.25, 0.3) is 5.69 Å². The monoisotopic (exact) mass is 303 g/mol. The zero-order valence-corrected chi connectivity index (χ0v) is 12.1. The summed E-state index contributed by atoms with van der Waals surface area (Å²) >= 11 is 6.09. The molecule has 0 bridgehead atoms. The highest BCUT2D eigenvalue weighted by atomic mass is 35.5. The Kier molecular flexibility index (Phi) is 3.84. The Morgan fingerprint density at radius 3 is 2.62 bits per heavy atom. The van der Waals surface area contributed by atoms with Crippen LogP contribution in [0.2, 0.25) is 5.15 Å². The third kappa shape index (κ3) is 2.88. The molecular formula is C15H14ClN3O2. The molecule has 0 atom stereocenters. The Morgan fingerprint density at radius 2 is 1.90 bits per heavy atom. The number of nitro groups is 1. The van der Waals surface area contributed by atoms with Crippen molar-refractivity contribution in [3.63, 3.8) is 0 Å². The number of nitrogens with zero attached hydrogens (tertiary/aromatic N) is 3. The van der Waals surface area contributed by atoms with E-state index < -0.39 is 4.92 Å². The van der Waals surface area contributed by atoms with Gasteiger partial charge in [0.1, 0.15) is 5.15 Å². The molecule has 1 aromatic heterocycles. The molecule has 0 aliphatic heterocycles. The van der Waals surface area contributed by atoms with Crippen LogP contribution >= 0.6 is 11.6 Å². The van der Waals surface area contributed by atoms with Gasteiger partial charge in [-0.25, -0.2) is 9.97 Å². The normalized spacial score (nSPS) is 15.3. The maximum Gasteiger partial charge on any atom is 0.280 e. The predicted octanol–water partition coefficient (Wildman–Crippen LogP) is 4.36. The van der Waals surface area contributed by atoms with Crippen molar-refractivity contribution < 1.29 is 4.92 Å². The van der Waals surface area contributed by atoms with Crippen LogP contribution in [0.3, 0.4) is 0 Å². The van der Waals surface area contributed by atoms with Gasteiger partial charge in [-0.15, -0.1) is 0 Å². The van der Waals surface area contributed by atoms with Gasteiger partial charge in [-0.2, -0.15) is 0 Å². The number of halogens is 1. The minimum atomic E-state index is -0.422. The third-order valence-corrected chi connectivity index (χ3v) is 4.02. The fraction of sp³-hybridized carbons (Fsp3) is 0.333. The average molecular weight is 304 g/mol. The van der Waals surface area contributed by atoms with E-state index in [1.54, 1.807) is 24.3 Å². The molecule has 1 aliphatic rings. The lowest BCUT2D eigenvalue weighted by Crippen LogP contribution is -2.02. The van der Waals surface area contributed by atoms with Crippen LogP contribution in [0.4, 0.5) is 5.69 Å². The van der Waals surface area contributed by atoms with E-state index in [9.17, 15) is 10.1 Å². The molecule has 1 saturated carbocycles. The number of rotatable bonds is 3. The molecule has 2 aromatic rings. The van der Waals surface area contributed by atoms with E-state index in [1.165, 1.54) is 18.9 Å². The van der Waals surface area contributed by atoms with Crippen molar-refractivity contribution in [2.45, 2.75) is 31.6 Å². The SMILES string of the molecule is O=[N+]([O-])c1ccccc1-c1nc(Cl)cc(C2CCCC2)n1. The molecule has 108 valence electrons. The van der Waals surface area contributed by atoms with Crippen LogP contribution in [0.25, 0.3) is 11.4 Å². The van der Waals surface area contributed by atoms with Gasteiger partial charge >= 0.3 is 0 Å². The fourth-order valence-corrected chi connectivity index (χ4v) is 3.00. The lowest BCUT2D eigenvalue weighted by atomic mass is 10.0. The Balaban J connectivity index is 2.08. The van der Waals surface area contributed by atoms with Crippen molar-refractivity contribution in [1.82, 2.24) is 9.97 Å². The molecule has 1 fully saturated rings. The summed E-state index contributed by atoms with van der Waals surface area (Å²) in [7, 11) is 0. The molecule has 6 heteroatoms. The summed E-state index contributed by atoms with van der Waals surface area (Å²) in [6.45, 7) is 0. The first-order valence-corrected chi connectivity index (χ1v) is 7.31. The van der Waals surface area contributed by atoms with E-state index in [0.717, 1.165) is 18.5 Å². The molecule has 0 radical (unpaired) electrons. The average Bonchev–Trinajstić information content (AvgIpc) is 3.01. The number of benzene rings is 1. The molecular weight excluding hydrogens is 290 g/mol. The number of para-hydroxylation sites is 1. The molecule has 0 unspecified atom stereocenters. The maximum atomic E-state index is 11.1. The molecule has 5 nitrogen and oxygen atoms in total. The predicted molar refractivity (Wildman–Crippen MR) is 80.3 cm³/mol. The van der Waals surface area contributed by atoms with E-state index in [1.807, 2.05) is 0 Å². The number of hydrogen-bond acceptors (Lipinski definition) is 4. The quantitative estimate of drug-likeness (QED) is 0.480. The highest BCUT2D eigenvalue weighted by Gasteiger charge is 2.22. The highest BCUT2D eigenvalue weighted by molar-refractivity contribution is 6.29. The van der Waals surface area contributed by atoms with Crippen LogP contribution in [0.1, 0.15) is 37.3 Å². The van der Waals surface area contributed by atoms with Crippen LogP contribution in [0.5, 0.6) is 0 Å². The second-order valence-electron chi connectivity index (χ2n) is 5.19. The molecule has 1 heterocycles. The molecule has 3 rings (SSSR count). The minimum absolute atomic E-state index is 0.00265. The van der Waals surface area contributed by atoms with Crippen molar-refractivity contribution in [2.75, 3.05) is 0 Å². The first-order chi connectivity index (χ1) is 10.1. The van der Waals surface area contributed by atoms with Gasteiger partial charge in [-0.05, 0) is 25.0 Å². The topological polar surface area (TPSA) is 68.9 Å². The van der Waals surface area contributed by atoms with Gasteiger partial charge in [-0.1, -0.05) is 36.6 Å². The lowest BCUT2D eigenvalue weighted by molar-refractivity contribution is -0.384. The first-order valence-electron chi connectivity index (χ1n) is 6.93. The van der Waals surface area contributed by atoms with Gasteiger partial charge < -0.3 is 0 Å². The van der Waals surface area contributed by atoms with Crippen LogP contribution in [0.15, 0.2) is 30.3 Å². The van der Waals surface area contributed by atoms with Crippen LogP contribution in [-0.2, 0) is 0 Å². The standard InChI is InChI=1S/C15H14ClN3O2/c16-14-9-12(10-5-1-2-6-10)17-15(18-14)11-7-3-4-8-13(11)19(20)21/h3-4,7-10H,1-2,5-6H2. The van der Waals surface area contributed by atoms with Gasteiger partial charge in [0.15, 0.2) is 5.82 Å². The second-order valence-corrected chi connectivity index (χ2v) is 5.58. The molecule has 0 spiro atoms. The summed E-state index contributed by atoms with van der Waals surface area (Å²) in [5.74, 6) is 0.712. The summed E-state index contributed by atoms with van der Waals surface area (Å²) in [4.78, 5) is 19.4. The van der Waals surface area contributed by atoms with Crippen LogP contribution < -0.4 is 0 Å². The number of hydrogen-bond donors (Lipinski definition) is 0. The largest absolute Gasteiger partial charge is 0.280 e. The molecule has 0 saturated heterocycles. The zero-order valence-electron chi connectivity index (χ0n) is 11.3. The van der Waals surface area contributed by atoms with Crippen molar-refractivity contribution in [3.8, 4) is 11.4 Å². The molecule has 1 aromatic carbocycles. The van der Waals surface area contributed by atoms with E-state index in [-0.39, 0.29) is 5.69 Å². The van der Waals surface area contributed by atoms with Gasteiger partial charge in [0, 0.05) is 17.7 Å². The summed E-state index contributed by atoms with van der Waals surface area (Å²) in [5, 5.41) is 11.5. The van der Waals surface area contributed by atoms with Gasteiger partial charge in [-0.3, -0.25) is 10.1 Å². The van der Waals surface area contributed by atoms with Gasteiger partial charge in [0.2, 0.25) is 0 Å². The second kappa shape index (κ2) is 5.77. The summed E-state index contributed by atoms with van der Waals surface area (Å²) < 4.78 is 0. The van der Waals surface area contributed by atoms with Crippen molar-refractivity contribution in [2.24, 2.45) is 0 Å². The third-order valence-electron chi connectivity index (χ3n) is 3.83.